The summed E-state index contributed by atoms with van der Waals surface area (Å²) >= 11 is 1.29. The number of nitrogens with zero attached hydrogens (tertiary/aromatic N) is 6. The Labute approximate surface area is 162 Å². The summed E-state index contributed by atoms with van der Waals surface area (Å²) in [5, 5.41) is 15.3. The van der Waals surface area contributed by atoms with Crippen LogP contribution in [0.5, 0.6) is 0 Å². The molecule has 0 aliphatic heterocycles. The third-order valence-electron chi connectivity index (χ3n) is 3.94. The van der Waals surface area contributed by atoms with Crippen molar-refractivity contribution in [2.24, 2.45) is 5.92 Å². The molecule has 0 saturated heterocycles. The maximum absolute atomic E-state index is 12.9. The molecule has 0 aliphatic rings. The standard InChI is InChI=1S/C16H18F3N7OS/c1-7(2)5-12-23-24-15(28-12)21-11(27)6-10-8(3)20-14-22-13(16(17,18)19)25-26(14)9(10)4/h7H,5-6H2,1-4H3,(H,21,24,27). The van der Waals surface area contributed by atoms with Crippen molar-refractivity contribution >= 4 is 28.2 Å². The number of fused-ring (bicyclic) bond motifs is 1. The molecule has 0 unspecified atom stereocenters. The van der Waals surface area contributed by atoms with Crippen LogP contribution in [0.25, 0.3) is 5.78 Å². The maximum atomic E-state index is 12.9. The van der Waals surface area contributed by atoms with Gasteiger partial charge in [-0.25, -0.2) is 9.50 Å². The van der Waals surface area contributed by atoms with Gasteiger partial charge < -0.3 is 5.32 Å². The Morgan fingerprint density at radius 2 is 1.93 bits per heavy atom. The Balaban J connectivity index is 1.81. The second kappa shape index (κ2) is 7.41. The molecular formula is C16H18F3N7OS. The normalized spacial score (nSPS) is 12.1. The minimum Gasteiger partial charge on any atom is -0.300 e. The average Bonchev–Trinajstić information content (AvgIpc) is 3.17. The van der Waals surface area contributed by atoms with Crippen LogP contribution in [0.15, 0.2) is 0 Å². The summed E-state index contributed by atoms with van der Waals surface area (Å²) in [6.45, 7) is 7.31. The number of aromatic nitrogens is 6. The van der Waals surface area contributed by atoms with E-state index in [1.54, 1.807) is 13.8 Å². The van der Waals surface area contributed by atoms with Crippen molar-refractivity contribution in [3.8, 4) is 0 Å². The summed E-state index contributed by atoms with van der Waals surface area (Å²) in [6.07, 6.45) is -3.99. The molecule has 0 aliphatic carbocycles. The topological polar surface area (TPSA) is 98.0 Å². The minimum absolute atomic E-state index is 0.0824. The first-order valence-corrected chi connectivity index (χ1v) is 9.28. The summed E-state index contributed by atoms with van der Waals surface area (Å²) in [6, 6.07) is 0. The fraction of sp³-hybridized carbons (Fsp3) is 0.500. The summed E-state index contributed by atoms with van der Waals surface area (Å²) in [5.74, 6) is -1.37. The highest BCUT2D eigenvalue weighted by atomic mass is 32.1. The van der Waals surface area contributed by atoms with E-state index in [4.69, 9.17) is 0 Å². The van der Waals surface area contributed by atoms with Gasteiger partial charge in [-0.15, -0.1) is 15.3 Å². The Bertz CT molecular complexity index is 1030. The molecule has 3 aromatic rings. The molecule has 8 nitrogen and oxygen atoms in total. The fourth-order valence-corrected chi connectivity index (χ4v) is 3.61. The number of anilines is 1. The van der Waals surface area contributed by atoms with Crippen LogP contribution < -0.4 is 5.32 Å². The van der Waals surface area contributed by atoms with Crippen molar-refractivity contribution in [1.29, 1.82) is 0 Å². The first-order valence-electron chi connectivity index (χ1n) is 8.47. The van der Waals surface area contributed by atoms with Gasteiger partial charge in [-0.05, 0) is 19.8 Å². The number of hydrogen-bond acceptors (Lipinski definition) is 7. The summed E-state index contributed by atoms with van der Waals surface area (Å²) in [4.78, 5) is 19.9. The molecule has 0 fully saturated rings. The van der Waals surface area contributed by atoms with Crippen molar-refractivity contribution in [2.75, 3.05) is 5.32 Å². The van der Waals surface area contributed by atoms with Gasteiger partial charge in [-0.2, -0.15) is 18.2 Å². The second-order valence-corrected chi connectivity index (χ2v) is 7.79. The van der Waals surface area contributed by atoms with Gasteiger partial charge in [0.25, 0.3) is 11.6 Å². The monoisotopic (exact) mass is 413 g/mol. The van der Waals surface area contributed by atoms with E-state index in [1.807, 2.05) is 0 Å². The number of halogens is 3. The smallest absolute Gasteiger partial charge is 0.300 e. The van der Waals surface area contributed by atoms with Gasteiger partial charge in [-0.1, -0.05) is 25.2 Å². The molecule has 0 atom stereocenters. The molecule has 0 spiro atoms. The fourth-order valence-electron chi connectivity index (χ4n) is 2.64. The SMILES string of the molecule is Cc1nc2nc(C(F)(F)F)nn2c(C)c1CC(=O)Nc1nnc(CC(C)C)s1. The molecule has 0 saturated carbocycles. The van der Waals surface area contributed by atoms with Crippen LogP contribution in [0.1, 0.15) is 41.6 Å². The highest BCUT2D eigenvalue weighted by Gasteiger charge is 2.37. The molecule has 0 bridgehead atoms. The molecule has 1 amide bonds. The van der Waals surface area contributed by atoms with Gasteiger partial charge in [0, 0.05) is 23.4 Å². The second-order valence-electron chi connectivity index (χ2n) is 6.73. The molecular weight excluding hydrogens is 395 g/mol. The van der Waals surface area contributed by atoms with E-state index in [0.717, 1.165) is 15.9 Å². The molecule has 0 aromatic carbocycles. The predicted octanol–water partition coefficient (Wildman–Crippen LogP) is 2.99. The number of alkyl halides is 3. The minimum atomic E-state index is -4.67. The maximum Gasteiger partial charge on any atom is 0.453 e. The highest BCUT2D eigenvalue weighted by molar-refractivity contribution is 7.15. The summed E-state index contributed by atoms with van der Waals surface area (Å²) in [7, 11) is 0. The summed E-state index contributed by atoms with van der Waals surface area (Å²) < 4.78 is 39.6. The van der Waals surface area contributed by atoms with E-state index in [1.165, 1.54) is 11.3 Å². The van der Waals surface area contributed by atoms with Crippen LogP contribution in [-0.4, -0.2) is 35.7 Å². The van der Waals surface area contributed by atoms with Crippen molar-refractivity contribution in [1.82, 2.24) is 29.8 Å². The number of nitrogens with one attached hydrogen (secondary N) is 1. The number of carbonyl (C=O) groups is 1. The third-order valence-corrected chi connectivity index (χ3v) is 4.80. The zero-order valence-electron chi connectivity index (χ0n) is 15.6. The number of aryl methyl sites for hydroxylation is 2. The Kier molecular flexibility index (Phi) is 5.33. The number of carbonyl (C=O) groups excluding carboxylic acids is 1. The van der Waals surface area contributed by atoms with Gasteiger partial charge >= 0.3 is 6.18 Å². The molecule has 3 aromatic heterocycles. The quantitative estimate of drug-likeness (QED) is 0.691. The van der Waals surface area contributed by atoms with Crippen LogP contribution in [0, 0.1) is 19.8 Å². The zero-order valence-corrected chi connectivity index (χ0v) is 16.4. The van der Waals surface area contributed by atoms with Crippen LogP contribution in [0.3, 0.4) is 0 Å². The van der Waals surface area contributed by atoms with Crippen LogP contribution in [0.2, 0.25) is 0 Å². The van der Waals surface area contributed by atoms with Crippen molar-refractivity contribution < 1.29 is 18.0 Å². The van der Waals surface area contributed by atoms with E-state index >= 15 is 0 Å². The molecule has 0 radical (unpaired) electrons. The van der Waals surface area contributed by atoms with E-state index in [2.05, 4.69) is 44.4 Å². The lowest BCUT2D eigenvalue weighted by molar-refractivity contribution is -0.144. The van der Waals surface area contributed by atoms with Crippen LogP contribution >= 0.6 is 11.3 Å². The number of hydrogen-bond donors (Lipinski definition) is 1. The lowest BCUT2D eigenvalue weighted by Gasteiger charge is -2.09. The number of amides is 1. The van der Waals surface area contributed by atoms with E-state index < -0.39 is 12.0 Å². The average molecular weight is 413 g/mol. The van der Waals surface area contributed by atoms with Crippen LogP contribution in [-0.2, 0) is 23.8 Å². The van der Waals surface area contributed by atoms with Gasteiger partial charge in [0.05, 0.1) is 6.42 Å². The van der Waals surface area contributed by atoms with E-state index in [9.17, 15) is 18.0 Å². The summed E-state index contributed by atoms with van der Waals surface area (Å²) in [5.41, 5.74) is 1.27. The third kappa shape index (κ3) is 4.26. The molecule has 3 heterocycles. The van der Waals surface area contributed by atoms with Crippen molar-refractivity contribution in [3.05, 3.63) is 27.8 Å². The largest absolute Gasteiger partial charge is 0.453 e. The first kappa shape index (κ1) is 20.1. The highest BCUT2D eigenvalue weighted by Crippen LogP contribution is 2.27. The molecule has 150 valence electrons. The lowest BCUT2D eigenvalue weighted by Crippen LogP contribution is -2.17. The van der Waals surface area contributed by atoms with Crippen LogP contribution in [0.4, 0.5) is 18.3 Å². The van der Waals surface area contributed by atoms with Crippen molar-refractivity contribution in [3.63, 3.8) is 0 Å². The Morgan fingerprint density at radius 3 is 2.57 bits per heavy atom. The van der Waals surface area contributed by atoms with E-state index in [0.29, 0.717) is 28.0 Å². The first-order chi connectivity index (χ1) is 13.0. The predicted molar refractivity (Wildman–Crippen MR) is 96.0 cm³/mol. The number of rotatable bonds is 5. The molecule has 28 heavy (non-hydrogen) atoms. The van der Waals surface area contributed by atoms with Gasteiger partial charge in [0.15, 0.2) is 0 Å². The Morgan fingerprint density at radius 1 is 1.21 bits per heavy atom. The van der Waals surface area contributed by atoms with Gasteiger partial charge in [0.2, 0.25) is 11.0 Å². The van der Waals surface area contributed by atoms with Crippen molar-refractivity contribution in [2.45, 2.75) is 46.7 Å². The van der Waals surface area contributed by atoms with Gasteiger partial charge in [0.1, 0.15) is 5.01 Å². The molecule has 1 N–H and O–H groups in total. The lowest BCUT2D eigenvalue weighted by atomic mass is 10.1. The molecule has 12 heteroatoms. The van der Waals surface area contributed by atoms with Gasteiger partial charge in [-0.3, -0.25) is 4.79 Å². The van der Waals surface area contributed by atoms with E-state index in [-0.39, 0.29) is 18.1 Å². The Hall–Kier alpha value is -2.63. The zero-order chi connectivity index (χ0) is 20.6. The molecule has 3 rings (SSSR count).